The molecule has 2 aromatic carbocycles. The Morgan fingerprint density at radius 2 is 1.64 bits per heavy atom. The second kappa shape index (κ2) is 10.3. The molecule has 0 saturated carbocycles. The summed E-state index contributed by atoms with van der Waals surface area (Å²) in [6.45, 7) is 1.82. The van der Waals surface area contributed by atoms with E-state index in [0.717, 1.165) is 22.8 Å². The van der Waals surface area contributed by atoms with Gasteiger partial charge in [-0.05, 0) is 31.2 Å². The molecule has 3 aromatic rings. The van der Waals surface area contributed by atoms with Crippen LogP contribution in [0.15, 0.2) is 65.7 Å². The Hall–Kier alpha value is -1.77. The number of carbonyl (C=O) groups is 1. The van der Waals surface area contributed by atoms with Crippen molar-refractivity contribution in [1.82, 2.24) is 4.98 Å². The molecule has 0 saturated heterocycles. The molecule has 0 aliphatic rings. The number of para-hydroxylation sites is 1. The third kappa shape index (κ3) is 6.93. The number of benzene rings is 2. The first-order valence-corrected chi connectivity index (χ1v) is 11.5. The Morgan fingerprint density at radius 3 is 2.20 bits per heavy atom. The number of aryl methyl sites for hydroxylation is 1. The zero-order chi connectivity index (χ0) is 18.9. The summed E-state index contributed by atoms with van der Waals surface area (Å²) in [4.78, 5) is 16.4. The van der Waals surface area contributed by atoms with Crippen LogP contribution >= 0.6 is 0 Å². The molecule has 1 aromatic heterocycles. The number of rotatable bonds is 2. The van der Waals surface area contributed by atoms with E-state index in [-0.39, 0.29) is 4.90 Å². The molecule has 0 spiro atoms. The molecule has 0 unspecified atom stereocenters. The molecule has 1 heterocycles. The van der Waals surface area contributed by atoms with E-state index in [0.29, 0.717) is 5.56 Å². The van der Waals surface area contributed by atoms with Crippen LogP contribution in [0.1, 0.15) is 15.9 Å². The molecule has 3 rings (SSSR count). The van der Waals surface area contributed by atoms with Crippen molar-refractivity contribution in [3.05, 3.63) is 71.9 Å². The van der Waals surface area contributed by atoms with E-state index >= 15 is 0 Å². The van der Waals surface area contributed by atoms with Crippen LogP contribution in [0.4, 0.5) is 0 Å². The van der Waals surface area contributed by atoms with Crippen molar-refractivity contribution in [3.63, 3.8) is 0 Å². The van der Waals surface area contributed by atoms with Gasteiger partial charge >= 0.3 is 27.5 Å². The standard InChI is InChI=1S/C10H7NO.C7H8O3S.CH3.Sn/c12-7-8-5-9-3-1-2-4-10(9)11-6-8;1-6-2-4-7(5-3-6)11(8,9)10;;/h1-7H;2-5H,1H3,(H,8,9,10);1H3;/q;;;+1/p-1. The Kier molecular flexibility index (Phi) is 8.74. The van der Waals surface area contributed by atoms with Gasteiger partial charge in [0.1, 0.15) is 10.1 Å². The normalized spacial score (nSPS) is 10.0. The molecule has 0 aliphatic heterocycles. The van der Waals surface area contributed by atoms with Gasteiger partial charge in [0, 0.05) is 17.1 Å². The van der Waals surface area contributed by atoms with Crippen molar-refractivity contribution in [2.75, 3.05) is 0 Å². The molecule has 25 heavy (non-hydrogen) atoms. The first-order chi connectivity index (χ1) is 11.9. The summed E-state index contributed by atoms with van der Waals surface area (Å²) in [6.07, 6.45) is 2.38. The Balaban J connectivity index is 0.000000229. The van der Waals surface area contributed by atoms with Crippen LogP contribution in [0.25, 0.3) is 10.9 Å². The molecule has 128 valence electrons. The second-order valence-corrected chi connectivity index (χ2v) is 6.23. The summed E-state index contributed by atoms with van der Waals surface area (Å²) in [6, 6.07) is 15.3. The van der Waals surface area contributed by atoms with Crippen molar-refractivity contribution < 1.29 is 17.8 Å². The fourth-order valence-electron chi connectivity index (χ4n) is 1.86. The molecule has 2 radical (unpaired) electrons. The van der Waals surface area contributed by atoms with Crippen molar-refractivity contribution in [3.8, 4) is 0 Å². The summed E-state index contributed by atoms with van der Waals surface area (Å²) in [5.41, 5.74) is 2.47. The third-order valence-electron chi connectivity index (χ3n) is 3.06. The molecule has 0 amide bonds. The molecule has 0 aliphatic carbocycles. The van der Waals surface area contributed by atoms with E-state index in [2.05, 4.69) is 9.92 Å². The number of nitrogens with zero attached hydrogens (tertiary/aromatic N) is 1. The van der Waals surface area contributed by atoms with E-state index in [1.54, 1.807) is 40.9 Å². The quantitative estimate of drug-likeness (QED) is 0.332. The number of pyridine rings is 1. The van der Waals surface area contributed by atoms with E-state index in [4.69, 9.17) is 0 Å². The van der Waals surface area contributed by atoms with Gasteiger partial charge in [0.05, 0.1) is 10.4 Å². The number of aldehydes is 1. The van der Waals surface area contributed by atoms with Gasteiger partial charge in [-0.1, -0.05) is 35.9 Å². The Bertz CT molecular complexity index is 925. The van der Waals surface area contributed by atoms with Gasteiger partial charge < -0.3 is 4.55 Å². The van der Waals surface area contributed by atoms with Crippen LogP contribution in [-0.2, 0) is 10.1 Å². The number of aromatic nitrogens is 1. The molecule has 0 fully saturated rings. The zero-order valence-electron chi connectivity index (χ0n) is 13.8. The predicted octanol–water partition coefficient (Wildman–Crippen LogP) is 3.15. The van der Waals surface area contributed by atoms with Gasteiger partial charge in [0.25, 0.3) is 0 Å². The molecule has 0 N–H and O–H groups in total. The average molecular weight is 462 g/mol. The zero-order valence-corrected chi connectivity index (χ0v) is 17.5. The van der Waals surface area contributed by atoms with Crippen molar-refractivity contribution >= 4 is 49.8 Å². The first kappa shape index (κ1) is 21.3. The molecule has 0 atom stereocenters. The minimum absolute atomic E-state index is 0.178. The van der Waals surface area contributed by atoms with Crippen molar-refractivity contribution in [1.29, 1.82) is 0 Å². The van der Waals surface area contributed by atoms with Gasteiger partial charge in [0.2, 0.25) is 0 Å². The summed E-state index contributed by atoms with van der Waals surface area (Å²) in [5.74, 6) is 0. The number of carbonyl (C=O) groups excluding carboxylic acids is 1. The van der Waals surface area contributed by atoms with Gasteiger partial charge in [-0.3, -0.25) is 9.78 Å². The maximum atomic E-state index is 10.4. The van der Waals surface area contributed by atoms with Crippen LogP contribution < -0.4 is 0 Å². The SMILES string of the molecule is Cc1ccc(S(=O)(=O)[O-])cc1.O=Cc1cnc2ccccc2c1.[CH3][Sn+]. The van der Waals surface area contributed by atoms with Gasteiger partial charge in [-0.2, -0.15) is 0 Å². The summed E-state index contributed by atoms with van der Waals surface area (Å²) >= 11 is 1.55. The summed E-state index contributed by atoms with van der Waals surface area (Å²) < 4.78 is 31.2. The topological polar surface area (TPSA) is 87.2 Å². The van der Waals surface area contributed by atoms with Crippen LogP contribution in [0.3, 0.4) is 0 Å². The van der Waals surface area contributed by atoms with Crippen molar-refractivity contribution in [2.45, 2.75) is 16.8 Å². The predicted molar refractivity (Wildman–Crippen MR) is 97.9 cm³/mol. The molecule has 7 heteroatoms. The number of fused-ring (bicyclic) bond motifs is 1. The molecule has 0 bridgehead atoms. The van der Waals surface area contributed by atoms with Crippen molar-refractivity contribution in [2.24, 2.45) is 0 Å². The van der Waals surface area contributed by atoms with Gasteiger partial charge in [-0.25, -0.2) is 8.42 Å². The second-order valence-electron chi connectivity index (χ2n) is 4.85. The Labute approximate surface area is 160 Å². The van der Waals surface area contributed by atoms with E-state index in [9.17, 15) is 17.8 Å². The maximum absolute atomic E-state index is 10.4. The van der Waals surface area contributed by atoms with Gasteiger partial charge in [-0.15, -0.1) is 0 Å². The molecular weight excluding hydrogens is 445 g/mol. The fraction of sp³-hybridized carbons (Fsp3) is 0.111. The number of hydrogen-bond acceptors (Lipinski definition) is 5. The van der Waals surface area contributed by atoms with Gasteiger partial charge in [0.15, 0.2) is 6.29 Å². The van der Waals surface area contributed by atoms with E-state index in [1.807, 2.05) is 37.3 Å². The third-order valence-corrected chi connectivity index (χ3v) is 3.91. The Morgan fingerprint density at radius 1 is 1.04 bits per heavy atom. The van der Waals surface area contributed by atoms with E-state index < -0.39 is 10.1 Å². The van der Waals surface area contributed by atoms with E-state index in [1.165, 1.54) is 12.1 Å². The first-order valence-electron chi connectivity index (χ1n) is 7.23. The number of hydrogen-bond donors (Lipinski definition) is 0. The van der Waals surface area contributed by atoms with Crippen LogP contribution in [-0.4, -0.2) is 46.8 Å². The monoisotopic (exact) mass is 463 g/mol. The summed E-state index contributed by atoms with van der Waals surface area (Å²) in [5, 5.41) is 1.00. The minimum atomic E-state index is -4.27. The average Bonchev–Trinajstić information content (AvgIpc) is 2.63. The fourth-order valence-corrected chi connectivity index (χ4v) is 2.33. The van der Waals surface area contributed by atoms with Crippen LogP contribution in [0, 0.1) is 6.92 Å². The summed E-state index contributed by atoms with van der Waals surface area (Å²) in [7, 11) is -4.27. The van der Waals surface area contributed by atoms with Crippen LogP contribution in [0.2, 0.25) is 4.94 Å². The molecule has 5 nitrogen and oxygen atoms in total. The molecular formula is C18H17NO4SSn. The van der Waals surface area contributed by atoms with Crippen LogP contribution in [0.5, 0.6) is 0 Å².